The van der Waals surface area contributed by atoms with E-state index in [1.807, 2.05) is 24.3 Å². The minimum atomic E-state index is -0.257. The number of hydrogen-bond acceptors (Lipinski definition) is 2. The third kappa shape index (κ3) is 2.45. The summed E-state index contributed by atoms with van der Waals surface area (Å²) in [6.07, 6.45) is 1.75. The average molecular weight is 364 g/mol. The lowest BCUT2D eigenvalue weighted by atomic mass is 10.0. The van der Waals surface area contributed by atoms with Crippen LogP contribution in [-0.2, 0) is 0 Å². The van der Waals surface area contributed by atoms with E-state index in [-0.39, 0.29) is 5.82 Å². The van der Waals surface area contributed by atoms with Crippen LogP contribution in [0.3, 0.4) is 0 Å². The van der Waals surface area contributed by atoms with Crippen LogP contribution in [0.1, 0.15) is 11.1 Å². The molecule has 1 aliphatic rings. The zero-order valence-electron chi connectivity index (χ0n) is 9.98. The second kappa shape index (κ2) is 5.21. The van der Waals surface area contributed by atoms with E-state index in [0.29, 0.717) is 17.8 Å². The van der Waals surface area contributed by atoms with Crippen molar-refractivity contribution in [3.63, 3.8) is 0 Å². The normalized spacial score (nSPS) is 13.7. The van der Waals surface area contributed by atoms with Gasteiger partial charge in [-0.25, -0.2) is 4.39 Å². The summed E-state index contributed by atoms with van der Waals surface area (Å²) in [5, 5.41) is 0. The molecular formula is C15H10FIN2. The third-order valence-electron chi connectivity index (χ3n) is 2.90. The molecule has 2 aromatic rings. The highest BCUT2D eigenvalue weighted by atomic mass is 127. The molecule has 0 spiro atoms. The van der Waals surface area contributed by atoms with Crippen molar-refractivity contribution in [2.75, 3.05) is 6.54 Å². The number of benzene rings is 2. The van der Waals surface area contributed by atoms with Gasteiger partial charge in [-0.1, -0.05) is 12.1 Å². The van der Waals surface area contributed by atoms with Crippen molar-refractivity contribution in [3.8, 4) is 0 Å². The highest BCUT2D eigenvalue weighted by Gasteiger charge is 2.16. The summed E-state index contributed by atoms with van der Waals surface area (Å²) in [5.41, 5.74) is 2.91. The Balaban J connectivity index is 2.22. The number of nitrogens with zero attached hydrogens (tertiary/aromatic N) is 2. The van der Waals surface area contributed by atoms with Gasteiger partial charge in [-0.15, -0.1) is 0 Å². The molecular weight excluding hydrogens is 354 g/mol. The van der Waals surface area contributed by atoms with E-state index in [2.05, 4.69) is 32.6 Å². The van der Waals surface area contributed by atoms with E-state index in [1.54, 1.807) is 18.3 Å². The van der Waals surface area contributed by atoms with Crippen molar-refractivity contribution < 1.29 is 4.39 Å². The molecule has 0 amide bonds. The van der Waals surface area contributed by atoms with Gasteiger partial charge in [-0.3, -0.25) is 9.98 Å². The van der Waals surface area contributed by atoms with Gasteiger partial charge >= 0.3 is 0 Å². The smallest absolute Gasteiger partial charge is 0.132 e. The lowest BCUT2D eigenvalue weighted by Gasteiger charge is -2.09. The molecule has 0 radical (unpaired) electrons. The van der Waals surface area contributed by atoms with Crippen LogP contribution < -0.4 is 0 Å². The summed E-state index contributed by atoms with van der Waals surface area (Å²) in [7, 11) is 0. The van der Waals surface area contributed by atoms with Crippen LogP contribution in [0.15, 0.2) is 52.4 Å². The summed E-state index contributed by atoms with van der Waals surface area (Å²) < 4.78 is 15.1. The Bertz CT molecular complexity index is 692. The van der Waals surface area contributed by atoms with Crippen molar-refractivity contribution >= 4 is 40.2 Å². The first-order valence-electron chi connectivity index (χ1n) is 5.87. The summed E-state index contributed by atoms with van der Waals surface area (Å²) in [5.74, 6) is -0.257. The fourth-order valence-electron chi connectivity index (χ4n) is 2.05. The molecule has 0 N–H and O–H groups in total. The Kier molecular flexibility index (Phi) is 3.42. The van der Waals surface area contributed by atoms with Crippen molar-refractivity contribution in [3.05, 3.63) is 63.0 Å². The Morgan fingerprint density at radius 1 is 1.05 bits per heavy atom. The molecule has 0 aliphatic carbocycles. The predicted octanol–water partition coefficient (Wildman–Crippen LogP) is 3.98. The van der Waals surface area contributed by atoms with Crippen molar-refractivity contribution in [1.29, 1.82) is 0 Å². The van der Waals surface area contributed by atoms with Crippen LogP contribution in [-0.4, -0.2) is 18.5 Å². The van der Waals surface area contributed by atoms with Gasteiger partial charge in [0.2, 0.25) is 0 Å². The molecule has 0 aromatic heterocycles. The first-order valence-corrected chi connectivity index (χ1v) is 6.95. The summed E-state index contributed by atoms with van der Waals surface area (Å²) in [6.45, 7) is 0.467. The van der Waals surface area contributed by atoms with Gasteiger partial charge in [0.1, 0.15) is 5.82 Å². The van der Waals surface area contributed by atoms with E-state index in [9.17, 15) is 4.39 Å². The van der Waals surface area contributed by atoms with Gasteiger partial charge in [0.25, 0.3) is 0 Å². The Hall–Kier alpha value is -1.56. The minimum absolute atomic E-state index is 0.257. The van der Waals surface area contributed by atoms with Crippen LogP contribution >= 0.6 is 22.6 Å². The number of rotatable bonds is 1. The van der Waals surface area contributed by atoms with E-state index in [0.717, 1.165) is 14.8 Å². The zero-order chi connectivity index (χ0) is 13.2. The second-order valence-corrected chi connectivity index (χ2v) is 5.39. The molecule has 0 atom stereocenters. The van der Waals surface area contributed by atoms with Crippen LogP contribution in [0.2, 0.25) is 0 Å². The molecule has 2 aromatic carbocycles. The topological polar surface area (TPSA) is 24.7 Å². The molecule has 0 unspecified atom stereocenters. The Morgan fingerprint density at radius 2 is 1.89 bits per heavy atom. The molecule has 0 fully saturated rings. The van der Waals surface area contributed by atoms with Crippen molar-refractivity contribution in [2.45, 2.75) is 0 Å². The lowest BCUT2D eigenvalue weighted by Crippen LogP contribution is -2.07. The van der Waals surface area contributed by atoms with E-state index < -0.39 is 0 Å². The Labute approximate surface area is 124 Å². The third-order valence-corrected chi connectivity index (χ3v) is 3.58. The molecule has 94 valence electrons. The van der Waals surface area contributed by atoms with E-state index in [4.69, 9.17) is 0 Å². The second-order valence-electron chi connectivity index (χ2n) is 4.14. The number of fused-ring (bicyclic) bond motifs is 1. The fraction of sp³-hybridized carbons (Fsp3) is 0.0667. The van der Waals surface area contributed by atoms with Crippen LogP contribution in [0.25, 0.3) is 0 Å². The van der Waals surface area contributed by atoms with E-state index in [1.165, 1.54) is 6.07 Å². The van der Waals surface area contributed by atoms with Gasteiger partial charge in [0.05, 0.1) is 17.9 Å². The van der Waals surface area contributed by atoms with Crippen molar-refractivity contribution in [1.82, 2.24) is 0 Å². The maximum Gasteiger partial charge on any atom is 0.132 e. The Morgan fingerprint density at radius 3 is 2.74 bits per heavy atom. The monoisotopic (exact) mass is 364 g/mol. The number of hydrogen-bond donors (Lipinski definition) is 0. The van der Waals surface area contributed by atoms with E-state index >= 15 is 0 Å². The minimum Gasteiger partial charge on any atom is -0.278 e. The van der Waals surface area contributed by atoms with Gasteiger partial charge in [0, 0.05) is 20.9 Å². The maximum absolute atomic E-state index is 14.0. The average Bonchev–Trinajstić information content (AvgIpc) is 2.61. The molecule has 0 saturated carbocycles. The molecule has 0 bridgehead atoms. The van der Waals surface area contributed by atoms with Gasteiger partial charge in [-0.05, 0) is 52.9 Å². The highest BCUT2D eigenvalue weighted by molar-refractivity contribution is 14.1. The summed E-state index contributed by atoms with van der Waals surface area (Å²) >= 11 is 2.24. The molecule has 0 saturated heterocycles. The SMILES string of the molecule is Fc1ccccc1C1=NCC=Nc2ccc(I)cc21. The first-order chi connectivity index (χ1) is 9.25. The van der Waals surface area contributed by atoms with Crippen LogP contribution in [0.4, 0.5) is 10.1 Å². The largest absolute Gasteiger partial charge is 0.278 e. The lowest BCUT2D eigenvalue weighted by molar-refractivity contribution is 0.625. The molecule has 1 aliphatic heterocycles. The maximum atomic E-state index is 14.0. The number of halogens is 2. The van der Waals surface area contributed by atoms with Gasteiger partial charge < -0.3 is 0 Å². The fourth-order valence-corrected chi connectivity index (χ4v) is 2.54. The standard InChI is InChI=1S/C15H10FIN2/c16-13-4-2-1-3-11(13)15-12-9-10(17)5-6-14(12)18-7-8-19-15/h1-7,9H,8H2. The van der Waals surface area contributed by atoms with Gasteiger partial charge in [-0.2, -0.15) is 0 Å². The molecule has 3 rings (SSSR count). The van der Waals surface area contributed by atoms with Crippen molar-refractivity contribution in [2.24, 2.45) is 9.98 Å². The van der Waals surface area contributed by atoms with Crippen LogP contribution in [0.5, 0.6) is 0 Å². The predicted molar refractivity (Wildman–Crippen MR) is 84.2 cm³/mol. The highest BCUT2D eigenvalue weighted by Crippen LogP contribution is 2.27. The molecule has 1 heterocycles. The summed E-state index contributed by atoms with van der Waals surface area (Å²) in [4.78, 5) is 8.83. The molecule has 2 nitrogen and oxygen atoms in total. The first kappa shape index (κ1) is 12.5. The quantitative estimate of drug-likeness (QED) is 0.684. The van der Waals surface area contributed by atoms with Gasteiger partial charge in [0.15, 0.2) is 0 Å². The zero-order valence-corrected chi connectivity index (χ0v) is 12.1. The summed E-state index contributed by atoms with van der Waals surface area (Å²) in [6, 6.07) is 12.6. The molecule has 4 heteroatoms. The number of aliphatic imine (C=N–C) groups is 2. The molecule has 19 heavy (non-hydrogen) atoms. The van der Waals surface area contributed by atoms with Crippen LogP contribution in [0, 0.1) is 9.39 Å².